The molecule has 0 saturated carbocycles. The highest BCUT2D eigenvalue weighted by molar-refractivity contribution is 6.06. The molecular weight excluding hydrogens is 380 g/mol. The van der Waals surface area contributed by atoms with Gasteiger partial charge in [-0.1, -0.05) is 18.2 Å². The molecule has 2 aromatic carbocycles. The number of H-pyrrole nitrogens is 1. The van der Waals surface area contributed by atoms with Crippen molar-refractivity contribution >= 4 is 16.8 Å². The third-order valence-corrected chi connectivity index (χ3v) is 4.81. The van der Waals surface area contributed by atoms with Gasteiger partial charge in [0.05, 0.1) is 24.2 Å². The molecule has 7 nitrogen and oxygen atoms in total. The highest BCUT2D eigenvalue weighted by atomic mass is 16.5. The van der Waals surface area contributed by atoms with Crippen LogP contribution in [0.1, 0.15) is 17.3 Å². The van der Waals surface area contributed by atoms with E-state index >= 15 is 0 Å². The van der Waals surface area contributed by atoms with E-state index in [0.29, 0.717) is 31.0 Å². The molecule has 2 aromatic heterocycles. The summed E-state index contributed by atoms with van der Waals surface area (Å²) >= 11 is 0. The van der Waals surface area contributed by atoms with Crippen LogP contribution in [0.15, 0.2) is 71.9 Å². The molecule has 0 aliphatic carbocycles. The zero-order valence-corrected chi connectivity index (χ0v) is 16.6. The van der Waals surface area contributed by atoms with Crippen molar-refractivity contribution in [3.05, 3.63) is 83.0 Å². The van der Waals surface area contributed by atoms with Gasteiger partial charge in [0.15, 0.2) is 0 Å². The average Bonchev–Trinajstić information content (AvgIpc) is 3.20. The van der Waals surface area contributed by atoms with E-state index in [4.69, 9.17) is 4.74 Å². The van der Waals surface area contributed by atoms with Crippen molar-refractivity contribution in [1.29, 1.82) is 0 Å². The summed E-state index contributed by atoms with van der Waals surface area (Å²) in [6.45, 7) is 3.19. The minimum atomic E-state index is -0.181. The first kappa shape index (κ1) is 19.4. The number of amides is 1. The molecule has 0 saturated heterocycles. The number of hydrogen-bond donors (Lipinski definition) is 2. The molecular formula is C23H22N4O3. The predicted molar refractivity (Wildman–Crippen MR) is 116 cm³/mol. The van der Waals surface area contributed by atoms with Crippen LogP contribution in [0.3, 0.4) is 0 Å². The second-order valence-corrected chi connectivity index (χ2v) is 6.77. The Hall–Kier alpha value is -3.87. The number of benzene rings is 2. The number of ether oxygens (including phenoxy) is 1. The lowest BCUT2D eigenvalue weighted by Crippen LogP contribution is -2.30. The van der Waals surface area contributed by atoms with Gasteiger partial charge >= 0.3 is 0 Å². The smallest absolute Gasteiger partial charge is 0.253 e. The summed E-state index contributed by atoms with van der Waals surface area (Å²) in [6.07, 6.45) is 3.20. The molecule has 0 aliphatic rings. The van der Waals surface area contributed by atoms with Crippen LogP contribution in [0.25, 0.3) is 22.2 Å². The molecule has 0 bridgehead atoms. The number of carbonyl (C=O) groups is 1. The van der Waals surface area contributed by atoms with E-state index < -0.39 is 0 Å². The third kappa shape index (κ3) is 4.10. The molecule has 2 N–H and O–H groups in total. The van der Waals surface area contributed by atoms with Crippen LogP contribution < -0.4 is 15.6 Å². The maximum Gasteiger partial charge on any atom is 0.253 e. The van der Waals surface area contributed by atoms with Crippen LogP contribution in [0, 0.1) is 0 Å². The number of nitrogens with one attached hydrogen (secondary N) is 2. The molecule has 0 spiro atoms. The van der Waals surface area contributed by atoms with E-state index in [-0.39, 0.29) is 11.5 Å². The minimum absolute atomic E-state index is 0.171. The largest absolute Gasteiger partial charge is 0.494 e. The SMILES string of the molecule is CCOc1ccc(-c2cc(=O)n(CCNC(=O)c3c[nH]c4ccccc34)cn2)cc1. The van der Waals surface area contributed by atoms with E-state index in [1.54, 1.807) is 6.20 Å². The number of aromatic amines is 1. The van der Waals surface area contributed by atoms with Crippen LogP contribution in [0.4, 0.5) is 0 Å². The Morgan fingerprint density at radius 3 is 2.73 bits per heavy atom. The van der Waals surface area contributed by atoms with Gasteiger partial charge in [-0.3, -0.25) is 14.2 Å². The first-order chi connectivity index (χ1) is 14.7. The summed E-state index contributed by atoms with van der Waals surface area (Å²) in [6, 6.07) is 16.6. The standard InChI is InChI=1S/C23H22N4O3/c1-2-30-17-9-7-16(8-10-17)21-13-22(28)27(15-26-21)12-11-24-23(29)19-14-25-20-6-4-3-5-18(19)20/h3-10,13-15,25H,2,11-12H2,1H3,(H,24,29). The number of aromatic nitrogens is 3. The summed E-state index contributed by atoms with van der Waals surface area (Å²) in [5, 5.41) is 3.73. The van der Waals surface area contributed by atoms with E-state index in [2.05, 4.69) is 15.3 Å². The van der Waals surface area contributed by atoms with E-state index in [1.165, 1.54) is 17.0 Å². The van der Waals surface area contributed by atoms with Crippen LogP contribution >= 0.6 is 0 Å². The quantitative estimate of drug-likeness (QED) is 0.497. The molecule has 0 radical (unpaired) electrons. The Morgan fingerprint density at radius 2 is 1.97 bits per heavy atom. The van der Waals surface area contributed by atoms with Gasteiger partial charge in [0.25, 0.3) is 11.5 Å². The van der Waals surface area contributed by atoms with Gasteiger partial charge in [-0.15, -0.1) is 0 Å². The fraction of sp³-hybridized carbons (Fsp3) is 0.174. The van der Waals surface area contributed by atoms with Crippen LogP contribution in [0.2, 0.25) is 0 Å². The van der Waals surface area contributed by atoms with E-state index in [1.807, 2.05) is 55.5 Å². The summed E-state index contributed by atoms with van der Waals surface area (Å²) < 4.78 is 6.91. The number of nitrogens with zero attached hydrogens (tertiary/aromatic N) is 2. The summed E-state index contributed by atoms with van der Waals surface area (Å²) in [4.78, 5) is 32.4. The number of carbonyl (C=O) groups excluding carboxylic acids is 1. The molecule has 2 heterocycles. The number of para-hydroxylation sites is 1. The monoisotopic (exact) mass is 402 g/mol. The Bertz CT molecular complexity index is 1230. The Balaban J connectivity index is 1.39. The van der Waals surface area contributed by atoms with Gasteiger partial charge in [0.1, 0.15) is 5.75 Å². The van der Waals surface area contributed by atoms with Crippen molar-refractivity contribution in [2.45, 2.75) is 13.5 Å². The molecule has 0 fully saturated rings. The molecule has 0 aliphatic heterocycles. The molecule has 152 valence electrons. The minimum Gasteiger partial charge on any atom is -0.494 e. The molecule has 0 unspecified atom stereocenters. The normalized spacial score (nSPS) is 10.8. The lowest BCUT2D eigenvalue weighted by Gasteiger charge is -2.08. The van der Waals surface area contributed by atoms with Crippen molar-refractivity contribution in [3.63, 3.8) is 0 Å². The van der Waals surface area contributed by atoms with Crippen molar-refractivity contribution < 1.29 is 9.53 Å². The van der Waals surface area contributed by atoms with Crippen LogP contribution in [-0.2, 0) is 6.54 Å². The summed E-state index contributed by atoms with van der Waals surface area (Å²) in [5.74, 6) is 0.597. The molecule has 7 heteroatoms. The summed E-state index contributed by atoms with van der Waals surface area (Å²) in [7, 11) is 0. The van der Waals surface area contributed by atoms with Crippen molar-refractivity contribution in [2.24, 2.45) is 0 Å². The molecule has 0 atom stereocenters. The molecule has 30 heavy (non-hydrogen) atoms. The fourth-order valence-corrected chi connectivity index (χ4v) is 3.28. The Morgan fingerprint density at radius 1 is 1.17 bits per heavy atom. The predicted octanol–water partition coefficient (Wildman–Crippen LogP) is 3.22. The van der Waals surface area contributed by atoms with Crippen LogP contribution in [-0.4, -0.2) is 33.6 Å². The zero-order chi connectivity index (χ0) is 20.9. The van der Waals surface area contributed by atoms with E-state index in [0.717, 1.165) is 22.2 Å². The third-order valence-electron chi connectivity index (χ3n) is 4.81. The fourth-order valence-electron chi connectivity index (χ4n) is 3.28. The number of rotatable bonds is 7. The Labute approximate surface area is 173 Å². The second kappa shape index (κ2) is 8.65. The number of hydrogen-bond acceptors (Lipinski definition) is 4. The molecule has 4 rings (SSSR count). The zero-order valence-electron chi connectivity index (χ0n) is 16.6. The maximum atomic E-state index is 12.5. The van der Waals surface area contributed by atoms with Crippen molar-refractivity contribution in [2.75, 3.05) is 13.2 Å². The lowest BCUT2D eigenvalue weighted by atomic mass is 10.1. The average molecular weight is 402 g/mol. The summed E-state index contributed by atoms with van der Waals surface area (Å²) in [5.41, 5.74) is 2.77. The highest BCUT2D eigenvalue weighted by Gasteiger charge is 2.11. The lowest BCUT2D eigenvalue weighted by molar-refractivity contribution is 0.0954. The number of fused-ring (bicyclic) bond motifs is 1. The van der Waals surface area contributed by atoms with Gasteiger partial charge in [0, 0.05) is 41.8 Å². The first-order valence-corrected chi connectivity index (χ1v) is 9.79. The topological polar surface area (TPSA) is 89.0 Å². The van der Waals surface area contributed by atoms with Crippen molar-refractivity contribution in [3.8, 4) is 17.0 Å². The van der Waals surface area contributed by atoms with Crippen LogP contribution in [0.5, 0.6) is 5.75 Å². The van der Waals surface area contributed by atoms with Gasteiger partial charge < -0.3 is 15.0 Å². The van der Waals surface area contributed by atoms with Gasteiger partial charge in [0.2, 0.25) is 0 Å². The van der Waals surface area contributed by atoms with Gasteiger partial charge in [-0.25, -0.2) is 4.98 Å². The first-order valence-electron chi connectivity index (χ1n) is 9.79. The molecule has 1 amide bonds. The van der Waals surface area contributed by atoms with Gasteiger partial charge in [-0.05, 0) is 37.3 Å². The van der Waals surface area contributed by atoms with E-state index in [9.17, 15) is 9.59 Å². The Kier molecular flexibility index (Phi) is 5.61. The van der Waals surface area contributed by atoms with Gasteiger partial charge in [-0.2, -0.15) is 0 Å². The highest BCUT2D eigenvalue weighted by Crippen LogP contribution is 2.19. The maximum absolute atomic E-state index is 12.5. The molecule has 4 aromatic rings. The second-order valence-electron chi connectivity index (χ2n) is 6.77. The van der Waals surface area contributed by atoms with Crippen molar-refractivity contribution in [1.82, 2.24) is 19.9 Å².